The Morgan fingerprint density at radius 2 is 1.86 bits per heavy atom. The van der Waals surface area contributed by atoms with Gasteiger partial charge in [0.15, 0.2) is 11.6 Å². The highest BCUT2D eigenvalue weighted by Crippen LogP contribution is 2.27. The van der Waals surface area contributed by atoms with Crippen LogP contribution in [-0.4, -0.2) is 17.4 Å². The highest BCUT2D eigenvalue weighted by Gasteiger charge is 2.26. The van der Waals surface area contributed by atoms with Crippen molar-refractivity contribution in [2.75, 3.05) is 6.54 Å². The summed E-state index contributed by atoms with van der Waals surface area (Å²) in [6, 6.07) is 9.01. The average molecular weight is 322 g/mol. The molecule has 0 saturated carbocycles. The molecule has 0 bridgehead atoms. The molecule has 0 unspecified atom stereocenters. The Hall–Kier alpha value is -1.94. The second-order valence-electron chi connectivity index (χ2n) is 5.40. The van der Waals surface area contributed by atoms with Gasteiger partial charge in [-0.25, -0.2) is 8.78 Å². The molecule has 2 aromatic carbocycles. The van der Waals surface area contributed by atoms with Gasteiger partial charge in [0.05, 0.1) is 5.56 Å². The molecule has 2 nitrogen and oxygen atoms in total. The van der Waals surface area contributed by atoms with Crippen LogP contribution in [0.2, 0.25) is 5.02 Å². The molecule has 0 fully saturated rings. The molecule has 1 aliphatic heterocycles. The summed E-state index contributed by atoms with van der Waals surface area (Å²) in [6.07, 6.45) is 0.700. The Morgan fingerprint density at radius 1 is 1.18 bits per heavy atom. The molecule has 2 aromatic rings. The number of benzene rings is 2. The van der Waals surface area contributed by atoms with Gasteiger partial charge in [-0.2, -0.15) is 0 Å². The number of halogens is 3. The number of nitrogens with zero attached hydrogens (tertiary/aromatic N) is 1. The molecule has 1 aliphatic rings. The zero-order valence-corrected chi connectivity index (χ0v) is 12.8. The number of rotatable bonds is 1. The zero-order valence-electron chi connectivity index (χ0n) is 12.0. The maximum atomic E-state index is 14.1. The van der Waals surface area contributed by atoms with E-state index in [1.807, 2.05) is 24.3 Å². The van der Waals surface area contributed by atoms with Gasteiger partial charge in [0.2, 0.25) is 0 Å². The van der Waals surface area contributed by atoms with Crippen LogP contribution >= 0.6 is 11.6 Å². The van der Waals surface area contributed by atoms with Gasteiger partial charge in [0.25, 0.3) is 5.91 Å². The smallest absolute Gasteiger partial charge is 0.257 e. The lowest BCUT2D eigenvalue weighted by atomic mass is 9.99. The largest absolute Gasteiger partial charge is 0.334 e. The van der Waals surface area contributed by atoms with Gasteiger partial charge in [0, 0.05) is 23.7 Å². The first kappa shape index (κ1) is 15.0. The molecule has 22 heavy (non-hydrogen) atoms. The normalized spacial score (nSPS) is 13.9. The minimum absolute atomic E-state index is 0.0136. The average Bonchev–Trinajstić information content (AvgIpc) is 2.55. The van der Waals surface area contributed by atoms with Crippen LogP contribution in [0, 0.1) is 18.6 Å². The van der Waals surface area contributed by atoms with E-state index in [4.69, 9.17) is 11.6 Å². The van der Waals surface area contributed by atoms with Gasteiger partial charge in [0.1, 0.15) is 0 Å². The number of amides is 1. The minimum Gasteiger partial charge on any atom is -0.334 e. The van der Waals surface area contributed by atoms with Crippen molar-refractivity contribution in [2.45, 2.75) is 19.9 Å². The van der Waals surface area contributed by atoms with Gasteiger partial charge in [-0.1, -0.05) is 35.9 Å². The zero-order chi connectivity index (χ0) is 15.9. The fourth-order valence-electron chi connectivity index (χ4n) is 2.68. The molecule has 5 heteroatoms. The second-order valence-corrected chi connectivity index (χ2v) is 5.81. The molecule has 0 atom stereocenters. The molecule has 0 spiro atoms. The first-order chi connectivity index (χ1) is 10.5. The topological polar surface area (TPSA) is 20.3 Å². The van der Waals surface area contributed by atoms with Crippen LogP contribution in [0.15, 0.2) is 30.3 Å². The van der Waals surface area contributed by atoms with E-state index in [9.17, 15) is 13.6 Å². The lowest BCUT2D eigenvalue weighted by Gasteiger charge is -2.29. The third-order valence-electron chi connectivity index (χ3n) is 4.04. The summed E-state index contributed by atoms with van der Waals surface area (Å²) in [5.74, 6) is -2.73. The van der Waals surface area contributed by atoms with Crippen LogP contribution in [0.4, 0.5) is 8.78 Å². The maximum Gasteiger partial charge on any atom is 0.257 e. The highest BCUT2D eigenvalue weighted by atomic mass is 35.5. The minimum atomic E-state index is -1.13. The van der Waals surface area contributed by atoms with Crippen molar-refractivity contribution >= 4 is 17.5 Å². The molecule has 0 saturated heterocycles. The van der Waals surface area contributed by atoms with Gasteiger partial charge in [-0.05, 0) is 30.5 Å². The summed E-state index contributed by atoms with van der Waals surface area (Å²) in [5.41, 5.74) is 1.91. The van der Waals surface area contributed by atoms with Gasteiger partial charge >= 0.3 is 0 Å². The highest BCUT2D eigenvalue weighted by molar-refractivity contribution is 6.31. The number of carbonyl (C=O) groups excluding carboxylic acids is 1. The predicted octanol–water partition coefficient (Wildman–Crippen LogP) is 4.13. The third kappa shape index (κ3) is 2.48. The third-order valence-corrected chi connectivity index (χ3v) is 4.43. The van der Waals surface area contributed by atoms with E-state index in [2.05, 4.69) is 0 Å². The molecule has 0 aliphatic carbocycles. The van der Waals surface area contributed by atoms with Gasteiger partial charge in [-0.15, -0.1) is 0 Å². The Morgan fingerprint density at radius 3 is 2.59 bits per heavy atom. The Bertz CT molecular complexity index is 761. The maximum absolute atomic E-state index is 14.1. The summed E-state index contributed by atoms with van der Waals surface area (Å²) in [5, 5.41) is 0.0552. The predicted molar refractivity (Wildman–Crippen MR) is 81.0 cm³/mol. The molecule has 1 heterocycles. The van der Waals surface area contributed by atoms with Gasteiger partial charge in [-0.3, -0.25) is 4.79 Å². The summed E-state index contributed by atoms with van der Waals surface area (Å²) >= 11 is 5.88. The number of carbonyl (C=O) groups is 1. The van der Waals surface area contributed by atoms with Crippen LogP contribution in [0.25, 0.3) is 0 Å². The molecule has 3 rings (SSSR count). The van der Waals surface area contributed by atoms with Crippen LogP contribution in [0.5, 0.6) is 0 Å². The molecule has 0 N–H and O–H groups in total. The first-order valence-electron chi connectivity index (χ1n) is 6.99. The van der Waals surface area contributed by atoms with Crippen molar-refractivity contribution in [3.8, 4) is 0 Å². The van der Waals surface area contributed by atoms with Crippen molar-refractivity contribution < 1.29 is 13.6 Å². The first-order valence-corrected chi connectivity index (χ1v) is 7.37. The van der Waals surface area contributed by atoms with Crippen molar-refractivity contribution in [1.82, 2.24) is 4.90 Å². The monoisotopic (exact) mass is 321 g/mol. The van der Waals surface area contributed by atoms with E-state index in [0.29, 0.717) is 19.5 Å². The molecule has 0 radical (unpaired) electrons. The molecule has 1 amide bonds. The van der Waals surface area contributed by atoms with E-state index >= 15 is 0 Å². The van der Waals surface area contributed by atoms with Crippen LogP contribution < -0.4 is 0 Å². The van der Waals surface area contributed by atoms with Gasteiger partial charge < -0.3 is 4.90 Å². The second kappa shape index (κ2) is 5.69. The van der Waals surface area contributed by atoms with E-state index in [0.717, 1.165) is 5.56 Å². The Labute approximate surface area is 132 Å². The Balaban J connectivity index is 1.93. The summed E-state index contributed by atoms with van der Waals surface area (Å²) < 4.78 is 27.9. The lowest BCUT2D eigenvalue weighted by molar-refractivity contribution is 0.0729. The standard InChI is InChI=1S/C17H14ClF2NO/c1-10-14(18)8-13(16(20)15(10)19)17(22)21-7-6-11-4-2-3-5-12(11)9-21/h2-5,8H,6-7,9H2,1H3. The molecular weight excluding hydrogens is 308 g/mol. The van der Waals surface area contributed by atoms with Crippen molar-refractivity contribution in [2.24, 2.45) is 0 Å². The molecule has 114 valence electrons. The number of hydrogen-bond acceptors (Lipinski definition) is 1. The Kier molecular flexibility index (Phi) is 3.87. The molecular formula is C17H14ClF2NO. The van der Waals surface area contributed by atoms with Crippen molar-refractivity contribution in [3.05, 3.63) is 69.2 Å². The molecule has 0 aromatic heterocycles. The van der Waals surface area contributed by atoms with Crippen molar-refractivity contribution in [1.29, 1.82) is 0 Å². The van der Waals surface area contributed by atoms with Crippen LogP contribution in [-0.2, 0) is 13.0 Å². The SMILES string of the molecule is Cc1c(Cl)cc(C(=O)N2CCc3ccccc3C2)c(F)c1F. The van der Waals surface area contributed by atoms with E-state index < -0.39 is 17.5 Å². The van der Waals surface area contributed by atoms with E-state index in [1.165, 1.54) is 23.5 Å². The summed E-state index contributed by atoms with van der Waals surface area (Å²) in [7, 11) is 0. The van der Waals surface area contributed by atoms with Crippen LogP contribution in [0.1, 0.15) is 27.0 Å². The number of hydrogen-bond donors (Lipinski definition) is 0. The number of fused-ring (bicyclic) bond motifs is 1. The summed E-state index contributed by atoms with van der Waals surface area (Å²) in [4.78, 5) is 14.0. The van der Waals surface area contributed by atoms with Crippen LogP contribution in [0.3, 0.4) is 0 Å². The fourth-order valence-corrected chi connectivity index (χ4v) is 2.87. The quantitative estimate of drug-likeness (QED) is 0.723. The van der Waals surface area contributed by atoms with E-state index in [-0.39, 0.29) is 16.1 Å². The van der Waals surface area contributed by atoms with E-state index in [1.54, 1.807) is 0 Å². The lowest BCUT2D eigenvalue weighted by Crippen LogP contribution is -2.36. The fraction of sp³-hybridized carbons (Fsp3) is 0.235. The summed E-state index contributed by atoms with van der Waals surface area (Å²) in [6.45, 7) is 2.25. The van der Waals surface area contributed by atoms with Crippen molar-refractivity contribution in [3.63, 3.8) is 0 Å².